The van der Waals surface area contributed by atoms with E-state index in [2.05, 4.69) is 40.3 Å². The number of nitrogens with zero attached hydrogens (tertiary/aromatic N) is 4. The molecule has 0 unspecified atom stereocenters. The number of hydrogen-bond donors (Lipinski definition) is 2. The summed E-state index contributed by atoms with van der Waals surface area (Å²) in [6, 6.07) is 10.3. The Balaban J connectivity index is 1.77. The number of hydrazone groups is 1. The van der Waals surface area contributed by atoms with Gasteiger partial charge in [0.2, 0.25) is 0 Å². The molecule has 0 radical (unpaired) electrons. The van der Waals surface area contributed by atoms with Crippen LogP contribution in [0.15, 0.2) is 47.8 Å². The minimum absolute atomic E-state index is 0.765. The SMILES string of the molecule is CCN1NNN=C1c1cnn(Cc2ccccc2)c1. The van der Waals surface area contributed by atoms with Crippen LogP contribution >= 0.6 is 0 Å². The fourth-order valence-electron chi connectivity index (χ4n) is 2.04. The maximum atomic E-state index is 4.38. The van der Waals surface area contributed by atoms with Crippen molar-refractivity contribution in [2.75, 3.05) is 6.54 Å². The molecule has 6 nitrogen and oxygen atoms in total. The summed E-state index contributed by atoms with van der Waals surface area (Å²) in [5.41, 5.74) is 7.94. The quantitative estimate of drug-likeness (QED) is 0.854. The molecule has 2 aromatic rings. The molecule has 0 saturated heterocycles. The van der Waals surface area contributed by atoms with Crippen molar-refractivity contribution in [3.8, 4) is 0 Å². The first-order valence-electron chi connectivity index (χ1n) is 6.29. The zero-order valence-electron chi connectivity index (χ0n) is 10.7. The summed E-state index contributed by atoms with van der Waals surface area (Å²) < 4.78 is 1.92. The number of aromatic nitrogens is 2. The second-order valence-corrected chi connectivity index (χ2v) is 4.32. The lowest BCUT2D eigenvalue weighted by Gasteiger charge is -2.14. The molecule has 0 atom stereocenters. The van der Waals surface area contributed by atoms with Crippen molar-refractivity contribution in [2.24, 2.45) is 5.10 Å². The smallest absolute Gasteiger partial charge is 0.176 e. The van der Waals surface area contributed by atoms with Crippen molar-refractivity contribution in [3.05, 3.63) is 53.9 Å². The lowest BCUT2D eigenvalue weighted by Crippen LogP contribution is -2.40. The van der Waals surface area contributed by atoms with Crippen molar-refractivity contribution < 1.29 is 0 Å². The molecule has 1 aliphatic heterocycles. The molecule has 0 amide bonds. The Kier molecular flexibility index (Phi) is 3.16. The highest BCUT2D eigenvalue weighted by Crippen LogP contribution is 2.08. The molecule has 1 aliphatic rings. The van der Waals surface area contributed by atoms with E-state index in [0.29, 0.717) is 0 Å². The Morgan fingerprint density at radius 2 is 2.05 bits per heavy atom. The maximum absolute atomic E-state index is 4.38. The van der Waals surface area contributed by atoms with Gasteiger partial charge in [0, 0.05) is 12.7 Å². The summed E-state index contributed by atoms with van der Waals surface area (Å²) in [6.45, 7) is 3.65. The van der Waals surface area contributed by atoms with E-state index in [0.717, 1.165) is 24.5 Å². The molecule has 98 valence electrons. The third-order valence-electron chi connectivity index (χ3n) is 3.00. The van der Waals surface area contributed by atoms with Crippen LogP contribution in [0.2, 0.25) is 0 Å². The summed E-state index contributed by atoms with van der Waals surface area (Å²) in [7, 11) is 0. The second-order valence-electron chi connectivity index (χ2n) is 4.32. The average Bonchev–Trinajstić information content (AvgIpc) is 3.07. The summed E-state index contributed by atoms with van der Waals surface area (Å²) in [6.07, 6.45) is 3.84. The average molecular weight is 256 g/mol. The van der Waals surface area contributed by atoms with E-state index in [-0.39, 0.29) is 0 Å². The van der Waals surface area contributed by atoms with Crippen LogP contribution in [0.5, 0.6) is 0 Å². The van der Waals surface area contributed by atoms with E-state index in [1.165, 1.54) is 5.56 Å². The number of rotatable bonds is 4. The summed E-state index contributed by atoms with van der Waals surface area (Å²) in [5, 5.41) is 10.5. The van der Waals surface area contributed by atoms with Crippen molar-refractivity contribution in [1.82, 2.24) is 25.9 Å². The summed E-state index contributed by atoms with van der Waals surface area (Å²) >= 11 is 0. The number of hydrogen-bond acceptors (Lipinski definition) is 5. The molecule has 3 rings (SSSR count). The summed E-state index contributed by atoms with van der Waals surface area (Å²) in [4.78, 5) is 0. The molecule has 0 fully saturated rings. The van der Waals surface area contributed by atoms with Crippen LogP contribution in [0.1, 0.15) is 18.1 Å². The van der Waals surface area contributed by atoms with Crippen LogP contribution in [0, 0.1) is 0 Å². The lowest BCUT2D eigenvalue weighted by atomic mass is 10.2. The van der Waals surface area contributed by atoms with Gasteiger partial charge >= 0.3 is 0 Å². The van der Waals surface area contributed by atoms with Crippen molar-refractivity contribution >= 4 is 5.84 Å². The highest BCUT2D eigenvalue weighted by atomic mass is 15.8. The Morgan fingerprint density at radius 1 is 1.21 bits per heavy atom. The second kappa shape index (κ2) is 5.11. The van der Waals surface area contributed by atoms with Crippen LogP contribution < -0.4 is 11.1 Å². The minimum Gasteiger partial charge on any atom is -0.271 e. The molecule has 0 saturated carbocycles. The predicted octanol–water partition coefficient (Wildman–Crippen LogP) is 0.938. The van der Waals surface area contributed by atoms with Crippen LogP contribution in [0.3, 0.4) is 0 Å². The molecular weight excluding hydrogens is 240 g/mol. The van der Waals surface area contributed by atoms with Gasteiger partial charge in [-0.05, 0) is 12.5 Å². The number of amidine groups is 1. The maximum Gasteiger partial charge on any atom is 0.176 e. The third kappa shape index (κ3) is 2.43. The highest BCUT2D eigenvalue weighted by molar-refractivity contribution is 5.98. The first kappa shape index (κ1) is 11.7. The molecule has 2 N–H and O–H groups in total. The van der Waals surface area contributed by atoms with Gasteiger partial charge in [-0.1, -0.05) is 30.3 Å². The van der Waals surface area contributed by atoms with E-state index in [1.54, 1.807) is 0 Å². The van der Waals surface area contributed by atoms with Gasteiger partial charge in [0.05, 0.1) is 18.3 Å². The Morgan fingerprint density at radius 3 is 2.84 bits per heavy atom. The molecule has 19 heavy (non-hydrogen) atoms. The van der Waals surface area contributed by atoms with Crippen molar-refractivity contribution in [1.29, 1.82) is 0 Å². The van der Waals surface area contributed by atoms with Gasteiger partial charge in [-0.3, -0.25) is 9.69 Å². The van der Waals surface area contributed by atoms with E-state index >= 15 is 0 Å². The van der Waals surface area contributed by atoms with Crippen molar-refractivity contribution in [2.45, 2.75) is 13.5 Å². The standard InChI is InChI=1S/C13H16N6/c1-2-19-13(15-16-17-19)12-8-14-18(10-12)9-11-6-4-3-5-7-11/h3-8,10,16-17H,2,9H2,1H3. The first-order valence-corrected chi connectivity index (χ1v) is 6.29. The van der Waals surface area contributed by atoms with Gasteiger partial charge in [0.15, 0.2) is 5.84 Å². The van der Waals surface area contributed by atoms with Gasteiger partial charge in [-0.15, -0.1) is 10.6 Å². The molecule has 2 heterocycles. The first-order chi connectivity index (χ1) is 9.36. The van der Waals surface area contributed by atoms with E-state index < -0.39 is 0 Å². The van der Waals surface area contributed by atoms with Gasteiger partial charge in [-0.2, -0.15) is 5.10 Å². The monoisotopic (exact) mass is 256 g/mol. The van der Waals surface area contributed by atoms with Crippen LogP contribution in [-0.4, -0.2) is 27.2 Å². The number of benzene rings is 1. The normalized spacial score (nSPS) is 14.4. The highest BCUT2D eigenvalue weighted by Gasteiger charge is 2.18. The molecule has 6 heteroatoms. The summed E-state index contributed by atoms with van der Waals surface area (Å²) in [5.74, 6) is 0.863. The van der Waals surface area contributed by atoms with Crippen molar-refractivity contribution in [3.63, 3.8) is 0 Å². The topological polar surface area (TPSA) is 57.5 Å². The third-order valence-corrected chi connectivity index (χ3v) is 3.00. The number of nitrogens with one attached hydrogen (secondary N) is 2. The Hall–Kier alpha value is -2.34. The largest absolute Gasteiger partial charge is 0.271 e. The number of hydrazine groups is 2. The van der Waals surface area contributed by atoms with Gasteiger partial charge < -0.3 is 0 Å². The van der Waals surface area contributed by atoms with Gasteiger partial charge in [0.25, 0.3) is 0 Å². The van der Waals surface area contributed by atoms with Crippen LogP contribution in [0.4, 0.5) is 0 Å². The Labute approximate surface area is 111 Å². The van der Waals surface area contributed by atoms with Gasteiger partial charge in [0.1, 0.15) is 0 Å². The Bertz CT molecular complexity index is 574. The van der Waals surface area contributed by atoms with E-state index in [9.17, 15) is 0 Å². The predicted molar refractivity (Wildman–Crippen MR) is 73.0 cm³/mol. The minimum atomic E-state index is 0.765. The van der Waals surface area contributed by atoms with E-state index in [1.807, 2.05) is 40.3 Å². The zero-order valence-corrected chi connectivity index (χ0v) is 10.7. The van der Waals surface area contributed by atoms with Crippen LogP contribution in [0.25, 0.3) is 0 Å². The molecular formula is C13H16N6. The fourth-order valence-corrected chi connectivity index (χ4v) is 2.04. The molecule has 0 bridgehead atoms. The molecule has 0 aliphatic carbocycles. The molecule has 1 aromatic heterocycles. The van der Waals surface area contributed by atoms with Crippen LogP contribution in [-0.2, 0) is 6.54 Å². The zero-order chi connectivity index (χ0) is 13.1. The fraction of sp³-hybridized carbons (Fsp3) is 0.231. The molecule has 0 spiro atoms. The van der Waals surface area contributed by atoms with Gasteiger partial charge in [-0.25, -0.2) is 5.53 Å². The van der Waals surface area contributed by atoms with E-state index in [4.69, 9.17) is 0 Å². The lowest BCUT2D eigenvalue weighted by molar-refractivity contribution is 0.308. The molecule has 1 aromatic carbocycles.